The summed E-state index contributed by atoms with van der Waals surface area (Å²) in [7, 11) is 0. The van der Waals surface area contributed by atoms with Gasteiger partial charge in [-0.05, 0) is 62.7 Å². The Kier molecular flexibility index (Phi) is 14.1. The third-order valence-corrected chi connectivity index (χ3v) is 6.99. The molecule has 0 aliphatic heterocycles. The number of carboxylic acid groups (broad SMARTS) is 2. The summed E-state index contributed by atoms with van der Waals surface area (Å²) in [6.07, 6.45) is 0. The molecule has 0 spiro atoms. The summed E-state index contributed by atoms with van der Waals surface area (Å²) < 4.78 is 2.48. The Morgan fingerprint density at radius 2 is 0.980 bits per heavy atom. The molecule has 0 bridgehead atoms. The molecule has 249 valence electrons. The summed E-state index contributed by atoms with van der Waals surface area (Å²) in [4.78, 5) is 22.2. The fourth-order valence-electron chi connectivity index (χ4n) is 4.58. The number of nitrogens with zero attached hydrogens (tertiary/aromatic N) is 8. The first-order valence-electron chi connectivity index (χ1n) is 14.6. The van der Waals surface area contributed by atoms with Crippen LogP contribution in [0.25, 0.3) is 11.4 Å². The number of aromatic nitrogens is 4. The molecule has 2 aromatic heterocycles. The number of rotatable bonds is 8. The number of carbonyl (C=O) groups is 2. The fourth-order valence-corrected chi connectivity index (χ4v) is 4.58. The van der Waals surface area contributed by atoms with E-state index in [1.807, 2.05) is 31.2 Å². The SMILES string of the molecule is Cc1cccc(-n2nc(C)c(N=Nc3ccccc3C(=O)[O-])c2[O-])c1.Cc1nn(-c2ccccc2)c([O-])c1N=Nc1ccccc1C(=O)[O-].[Cr+3].[Na+]. The Labute approximate surface area is 324 Å². The van der Waals surface area contributed by atoms with Gasteiger partial charge in [-0.2, -0.15) is 10.2 Å². The average molecular weight is 730 g/mol. The van der Waals surface area contributed by atoms with E-state index >= 15 is 0 Å². The molecule has 0 unspecified atom stereocenters. The molecule has 0 atom stereocenters. The predicted octanol–water partition coefficient (Wildman–Crippen LogP) is 1.38. The summed E-state index contributed by atoms with van der Waals surface area (Å²) in [6.45, 7) is 5.20. The van der Waals surface area contributed by atoms with Gasteiger partial charge in [-0.3, -0.25) is 0 Å². The first-order chi connectivity index (χ1) is 23.5. The van der Waals surface area contributed by atoms with Gasteiger partial charge in [-0.15, -0.1) is 20.5 Å². The second-order valence-electron chi connectivity index (χ2n) is 10.5. The zero-order valence-corrected chi connectivity index (χ0v) is 31.0. The van der Waals surface area contributed by atoms with Gasteiger partial charge in [0.1, 0.15) is 11.4 Å². The van der Waals surface area contributed by atoms with Crippen molar-refractivity contribution in [1.82, 2.24) is 19.6 Å². The molecular formula is C35H26CrN8NaO6. The van der Waals surface area contributed by atoms with Gasteiger partial charge in [-0.25, -0.2) is 9.36 Å². The maximum absolute atomic E-state index is 12.6. The molecule has 0 aliphatic carbocycles. The zero-order valence-electron chi connectivity index (χ0n) is 27.8. The largest absolute Gasteiger partial charge is 3.00 e. The van der Waals surface area contributed by atoms with E-state index in [9.17, 15) is 30.0 Å². The van der Waals surface area contributed by atoms with Gasteiger partial charge >= 0.3 is 46.9 Å². The molecule has 0 amide bonds. The molecule has 16 heteroatoms. The number of benzene rings is 4. The van der Waals surface area contributed by atoms with E-state index in [4.69, 9.17) is 0 Å². The Morgan fingerprint density at radius 1 is 0.569 bits per heavy atom. The fraction of sp³-hybridized carbons (Fsp3) is 0.0857. The van der Waals surface area contributed by atoms with Gasteiger partial charge in [0.15, 0.2) is 0 Å². The van der Waals surface area contributed by atoms with E-state index in [0.29, 0.717) is 22.8 Å². The van der Waals surface area contributed by atoms with Crippen molar-refractivity contribution in [2.24, 2.45) is 20.5 Å². The summed E-state index contributed by atoms with van der Waals surface area (Å²) in [6, 6.07) is 28.3. The van der Waals surface area contributed by atoms with E-state index < -0.39 is 23.7 Å². The van der Waals surface area contributed by atoms with Crippen LogP contribution in [0.1, 0.15) is 37.7 Å². The average Bonchev–Trinajstić information content (AvgIpc) is 3.55. The van der Waals surface area contributed by atoms with Crippen molar-refractivity contribution < 1.29 is 76.9 Å². The van der Waals surface area contributed by atoms with Crippen molar-refractivity contribution in [2.75, 3.05) is 0 Å². The minimum Gasteiger partial charge on any atom is -0.857 e. The maximum Gasteiger partial charge on any atom is 3.00 e. The van der Waals surface area contributed by atoms with Gasteiger partial charge in [0.25, 0.3) is 0 Å². The van der Waals surface area contributed by atoms with Crippen LogP contribution in [0.2, 0.25) is 0 Å². The topological polar surface area (TPSA) is 211 Å². The molecular weight excluding hydrogens is 703 g/mol. The van der Waals surface area contributed by atoms with Crippen LogP contribution in [-0.2, 0) is 17.4 Å². The van der Waals surface area contributed by atoms with E-state index in [1.54, 1.807) is 68.4 Å². The number of para-hydroxylation sites is 1. The van der Waals surface area contributed by atoms with Gasteiger partial charge < -0.3 is 30.0 Å². The van der Waals surface area contributed by atoms with Crippen LogP contribution < -0.4 is 50.0 Å². The Morgan fingerprint density at radius 3 is 1.43 bits per heavy atom. The monoisotopic (exact) mass is 729 g/mol. The Hall–Kier alpha value is -5.43. The number of azo groups is 2. The quantitative estimate of drug-likeness (QED) is 0.165. The van der Waals surface area contributed by atoms with E-state index in [2.05, 4.69) is 30.7 Å². The number of aromatic carboxylic acids is 2. The minimum absolute atomic E-state index is 0. The smallest absolute Gasteiger partial charge is 0.857 e. The molecule has 2 heterocycles. The van der Waals surface area contributed by atoms with Crippen LogP contribution in [0.5, 0.6) is 11.8 Å². The molecule has 0 saturated carbocycles. The summed E-state index contributed by atoms with van der Waals surface area (Å²) in [5.74, 6) is -3.56. The van der Waals surface area contributed by atoms with Crippen LogP contribution >= 0.6 is 0 Å². The van der Waals surface area contributed by atoms with Crippen LogP contribution in [0.15, 0.2) is 124 Å². The first kappa shape index (κ1) is 40.0. The molecule has 0 saturated heterocycles. The predicted molar refractivity (Wildman–Crippen MR) is 170 cm³/mol. The van der Waals surface area contributed by atoms with Crippen LogP contribution in [-0.4, -0.2) is 31.5 Å². The summed E-state index contributed by atoms with van der Waals surface area (Å²) >= 11 is 0. The van der Waals surface area contributed by atoms with Crippen molar-refractivity contribution in [3.63, 3.8) is 0 Å². The number of hydrogen-bond donors (Lipinski definition) is 0. The molecule has 6 aromatic rings. The minimum atomic E-state index is -1.36. The molecule has 6 rings (SSSR count). The maximum atomic E-state index is 12.6. The second kappa shape index (κ2) is 18.0. The molecule has 51 heavy (non-hydrogen) atoms. The summed E-state index contributed by atoms with van der Waals surface area (Å²) in [5.41, 5.74) is 3.21. The Balaban J connectivity index is 0.000000265. The van der Waals surface area contributed by atoms with Gasteiger partial charge in [-0.1, -0.05) is 66.7 Å². The van der Waals surface area contributed by atoms with Crippen LogP contribution in [0.3, 0.4) is 0 Å². The van der Waals surface area contributed by atoms with Gasteiger partial charge in [0.05, 0.1) is 46.1 Å². The van der Waals surface area contributed by atoms with Crippen molar-refractivity contribution >= 4 is 34.7 Å². The van der Waals surface area contributed by atoms with Gasteiger partial charge in [0, 0.05) is 22.9 Å². The molecule has 0 N–H and O–H groups in total. The van der Waals surface area contributed by atoms with E-state index in [1.165, 1.54) is 33.6 Å². The third-order valence-electron chi connectivity index (χ3n) is 6.99. The second-order valence-corrected chi connectivity index (χ2v) is 10.5. The van der Waals surface area contributed by atoms with Crippen LogP contribution in [0, 0.1) is 20.8 Å². The van der Waals surface area contributed by atoms with Crippen molar-refractivity contribution in [2.45, 2.75) is 20.8 Å². The van der Waals surface area contributed by atoms with Crippen molar-refractivity contribution in [3.8, 4) is 23.1 Å². The van der Waals surface area contributed by atoms with E-state index in [0.717, 1.165) is 5.56 Å². The first-order valence-corrected chi connectivity index (χ1v) is 14.6. The van der Waals surface area contributed by atoms with E-state index in [-0.39, 0.29) is 80.8 Å². The van der Waals surface area contributed by atoms with Gasteiger partial charge in [0.2, 0.25) is 0 Å². The van der Waals surface area contributed by atoms with Crippen molar-refractivity contribution in [1.29, 1.82) is 0 Å². The van der Waals surface area contributed by atoms with Crippen molar-refractivity contribution in [3.05, 3.63) is 131 Å². The van der Waals surface area contributed by atoms with Crippen LogP contribution in [0.4, 0.5) is 22.7 Å². The number of carboxylic acids is 2. The molecule has 0 fully saturated rings. The molecule has 1 radical (unpaired) electrons. The number of carbonyl (C=O) groups excluding carboxylic acids is 2. The third kappa shape index (κ3) is 9.43. The molecule has 0 aliphatic rings. The number of hydrogen-bond acceptors (Lipinski definition) is 12. The zero-order chi connectivity index (χ0) is 35.1. The summed E-state index contributed by atoms with van der Waals surface area (Å²) in [5, 5.41) is 71.2. The molecule has 14 nitrogen and oxygen atoms in total. The molecule has 4 aromatic carbocycles. The standard InChI is InChI=1S/C18H16N4O3.C17H14N4O3.Cr.Na/c1-11-6-5-7-13(10-11)22-17(23)16(12(2)21-22)20-19-15-9-4-3-8-14(15)18(24)25;1-11-15(16(22)21(20-11)12-7-3-2-4-8-12)19-18-14-10-6-5-9-13(14)17(23)24;;/h3-10,23H,1-2H3,(H,24,25);2-10,22H,1H3,(H,23,24);;/q;;+3;+1/p-4. The Bertz CT molecular complexity index is 2220. The number of aryl methyl sites for hydroxylation is 3. The normalized spacial score (nSPS) is 10.6.